The van der Waals surface area contributed by atoms with E-state index in [1.165, 1.54) is 19.1 Å². The molecule has 1 aromatic rings. The SMILES string of the molecule is CC(=O)SCC(O)C(O)c1ccc(OC(F)(F)F)cc1. The largest absolute Gasteiger partial charge is 0.573 e. The lowest BCUT2D eigenvalue weighted by Gasteiger charge is -2.17. The van der Waals surface area contributed by atoms with Crippen molar-refractivity contribution in [1.82, 2.24) is 0 Å². The molecule has 0 fully saturated rings. The number of halogens is 3. The molecule has 0 saturated heterocycles. The average molecular weight is 310 g/mol. The maximum Gasteiger partial charge on any atom is 0.573 e. The van der Waals surface area contributed by atoms with Crippen LogP contribution in [0.15, 0.2) is 24.3 Å². The number of aliphatic hydroxyl groups excluding tert-OH is 2. The van der Waals surface area contributed by atoms with Crippen LogP contribution >= 0.6 is 11.8 Å². The van der Waals surface area contributed by atoms with E-state index in [2.05, 4.69) is 4.74 Å². The van der Waals surface area contributed by atoms with Crippen LogP contribution in [0.2, 0.25) is 0 Å². The number of rotatable bonds is 5. The second kappa shape index (κ2) is 6.96. The van der Waals surface area contributed by atoms with Gasteiger partial charge in [0.2, 0.25) is 0 Å². The Balaban J connectivity index is 2.65. The molecule has 112 valence electrons. The molecule has 4 nitrogen and oxygen atoms in total. The molecule has 0 aromatic heterocycles. The fraction of sp³-hybridized carbons (Fsp3) is 0.417. The van der Waals surface area contributed by atoms with E-state index in [0.717, 1.165) is 23.9 Å². The standard InChI is InChI=1S/C12H13F3O4S/c1-7(16)20-6-10(17)11(18)8-2-4-9(5-3-8)19-12(13,14)15/h2-5,10-11,17-18H,6H2,1H3. The quantitative estimate of drug-likeness (QED) is 0.873. The molecule has 0 heterocycles. The van der Waals surface area contributed by atoms with Gasteiger partial charge in [0.1, 0.15) is 11.9 Å². The lowest BCUT2D eigenvalue weighted by atomic mass is 10.1. The number of alkyl halides is 3. The van der Waals surface area contributed by atoms with Crippen molar-refractivity contribution in [3.63, 3.8) is 0 Å². The first-order chi connectivity index (χ1) is 9.19. The summed E-state index contributed by atoms with van der Waals surface area (Å²) in [7, 11) is 0. The summed E-state index contributed by atoms with van der Waals surface area (Å²) >= 11 is 0.851. The molecular formula is C12H13F3O4S. The third-order valence-corrected chi connectivity index (χ3v) is 3.19. The summed E-state index contributed by atoms with van der Waals surface area (Å²) in [6, 6.07) is 4.51. The van der Waals surface area contributed by atoms with E-state index < -0.39 is 24.3 Å². The number of aliphatic hydroxyl groups is 2. The Morgan fingerprint density at radius 3 is 2.30 bits per heavy atom. The van der Waals surface area contributed by atoms with Crippen molar-refractivity contribution in [2.24, 2.45) is 0 Å². The van der Waals surface area contributed by atoms with Gasteiger partial charge in [-0.1, -0.05) is 23.9 Å². The number of hydrogen-bond donors (Lipinski definition) is 2. The minimum atomic E-state index is -4.78. The maximum atomic E-state index is 12.0. The first-order valence-electron chi connectivity index (χ1n) is 5.54. The Kier molecular flexibility index (Phi) is 5.85. The van der Waals surface area contributed by atoms with Crippen molar-refractivity contribution >= 4 is 16.9 Å². The molecule has 0 aliphatic rings. The zero-order valence-corrected chi connectivity index (χ0v) is 11.2. The molecule has 0 radical (unpaired) electrons. The van der Waals surface area contributed by atoms with Gasteiger partial charge in [-0.3, -0.25) is 4.79 Å². The van der Waals surface area contributed by atoms with Crippen LogP contribution in [0.4, 0.5) is 13.2 Å². The van der Waals surface area contributed by atoms with Crippen LogP contribution in [-0.2, 0) is 4.79 Å². The summed E-state index contributed by atoms with van der Waals surface area (Å²) in [6.07, 6.45) is -7.27. The minimum absolute atomic E-state index is 0.00268. The van der Waals surface area contributed by atoms with Gasteiger partial charge >= 0.3 is 6.36 Å². The van der Waals surface area contributed by atoms with Gasteiger partial charge < -0.3 is 14.9 Å². The Labute approximate surface area is 117 Å². The molecule has 2 atom stereocenters. The summed E-state index contributed by atoms with van der Waals surface area (Å²) in [6.45, 7) is 1.33. The molecule has 0 amide bonds. The van der Waals surface area contributed by atoms with Gasteiger partial charge in [0.05, 0.1) is 6.10 Å². The minimum Gasteiger partial charge on any atom is -0.406 e. The van der Waals surface area contributed by atoms with E-state index in [4.69, 9.17) is 0 Å². The van der Waals surface area contributed by atoms with Gasteiger partial charge in [0.25, 0.3) is 0 Å². The first-order valence-corrected chi connectivity index (χ1v) is 6.53. The molecule has 20 heavy (non-hydrogen) atoms. The van der Waals surface area contributed by atoms with Crippen molar-refractivity contribution in [3.05, 3.63) is 29.8 Å². The third-order valence-electron chi connectivity index (χ3n) is 2.28. The van der Waals surface area contributed by atoms with Crippen LogP contribution in [0.1, 0.15) is 18.6 Å². The van der Waals surface area contributed by atoms with E-state index in [-0.39, 0.29) is 16.4 Å². The molecule has 0 saturated carbocycles. The Morgan fingerprint density at radius 1 is 1.30 bits per heavy atom. The second-order valence-corrected chi connectivity index (χ2v) is 5.13. The monoisotopic (exact) mass is 310 g/mol. The van der Waals surface area contributed by atoms with Crippen molar-refractivity contribution in [2.75, 3.05) is 5.75 Å². The maximum absolute atomic E-state index is 12.0. The summed E-state index contributed by atoms with van der Waals surface area (Å²) < 4.78 is 39.6. The topological polar surface area (TPSA) is 66.8 Å². The zero-order chi connectivity index (χ0) is 15.3. The molecule has 1 aromatic carbocycles. The number of ether oxygens (including phenoxy) is 1. The highest BCUT2D eigenvalue weighted by Crippen LogP contribution is 2.26. The first kappa shape index (κ1) is 16.8. The van der Waals surface area contributed by atoms with Gasteiger partial charge in [0.15, 0.2) is 5.12 Å². The van der Waals surface area contributed by atoms with E-state index in [0.29, 0.717) is 0 Å². The molecule has 0 spiro atoms. The van der Waals surface area contributed by atoms with Gasteiger partial charge in [0, 0.05) is 12.7 Å². The Morgan fingerprint density at radius 2 is 1.85 bits per heavy atom. The van der Waals surface area contributed by atoms with Crippen molar-refractivity contribution < 1.29 is 32.9 Å². The van der Waals surface area contributed by atoms with Gasteiger partial charge in [-0.2, -0.15) is 0 Å². The molecular weight excluding hydrogens is 297 g/mol. The number of carbonyl (C=O) groups is 1. The van der Waals surface area contributed by atoms with Crippen molar-refractivity contribution in [2.45, 2.75) is 25.5 Å². The second-order valence-electron chi connectivity index (χ2n) is 3.93. The van der Waals surface area contributed by atoms with Gasteiger partial charge in [-0.25, -0.2) is 0 Å². The highest BCUT2D eigenvalue weighted by molar-refractivity contribution is 8.13. The normalized spacial score (nSPS) is 14.7. The van der Waals surface area contributed by atoms with Crippen LogP contribution in [0, 0.1) is 0 Å². The van der Waals surface area contributed by atoms with E-state index in [9.17, 15) is 28.2 Å². The molecule has 1 rings (SSSR count). The van der Waals surface area contributed by atoms with Gasteiger partial charge in [-0.15, -0.1) is 13.2 Å². The number of benzene rings is 1. The Bertz CT molecular complexity index is 447. The van der Waals surface area contributed by atoms with E-state index in [1.807, 2.05) is 0 Å². The summed E-state index contributed by atoms with van der Waals surface area (Å²) in [5, 5.41) is 19.2. The third kappa shape index (κ3) is 5.81. The molecule has 8 heteroatoms. The molecule has 2 N–H and O–H groups in total. The average Bonchev–Trinajstić information content (AvgIpc) is 2.34. The smallest absolute Gasteiger partial charge is 0.406 e. The van der Waals surface area contributed by atoms with Gasteiger partial charge in [-0.05, 0) is 17.7 Å². The zero-order valence-electron chi connectivity index (χ0n) is 10.4. The number of hydrogen-bond acceptors (Lipinski definition) is 5. The molecule has 0 aliphatic heterocycles. The van der Waals surface area contributed by atoms with Crippen LogP contribution in [0.25, 0.3) is 0 Å². The highest BCUT2D eigenvalue weighted by Gasteiger charge is 2.31. The van der Waals surface area contributed by atoms with E-state index in [1.54, 1.807) is 0 Å². The summed E-state index contributed by atoms with van der Waals surface area (Å²) in [5.41, 5.74) is 0.233. The number of thioether (sulfide) groups is 1. The van der Waals surface area contributed by atoms with Crippen LogP contribution < -0.4 is 4.74 Å². The van der Waals surface area contributed by atoms with Crippen LogP contribution in [0.5, 0.6) is 5.75 Å². The number of carbonyl (C=O) groups excluding carboxylic acids is 1. The van der Waals surface area contributed by atoms with Crippen molar-refractivity contribution in [3.8, 4) is 5.75 Å². The lowest BCUT2D eigenvalue weighted by Crippen LogP contribution is -2.21. The summed E-state index contributed by atoms with van der Waals surface area (Å²) in [4.78, 5) is 10.7. The van der Waals surface area contributed by atoms with E-state index >= 15 is 0 Å². The molecule has 0 aliphatic carbocycles. The van der Waals surface area contributed by atoms with Crippen LogP contribution in [0.3, 0.4) is 0 Å². The predicted octanol–water partition coefficient (Wildman–Crippen LogP) is 2.26. The lowest BCUT2D eigenvalue weighted by molar-refractivity contribution is -0.274. The fourth-order valence-electron chi connectivity index (χ4n) is 1.38. The predicted molar refractivity (Wildman–Crippen MR) is 67.2 cm³/mol. The van der Waals surface area contributed by atoms with Crippen LogP contribution in [-0.4, -0.2) is 33.5 Å². The fourth-order valence-corrected chi connectivity index (χ4v) is 1.97. The Hall–Kier alpha value is -1.25. The molecule has 0 bridgehead atoms. The highest BCUT2D eigenvalue weighted by atomic mass is 32.2. The summed E-state index contributed by atoms with van der Waals surface area (Å²) in [5.74, 6) is -0.418. The van der Waals surface area contributed by atoms with Crippen molar-refractivity contribution in [1.29, 1.82) is 0 Å². The molecule has 2 unspecified atom stereocenters.